The van der Waals surface area contributed by atoms with E-state index < -0.39 is 0 Å². The van der Waals surface area contributed by atoms with Crippen molar-refractivity contribution in [1.29, 1.82) is 0 Å². The molecule has 2 unspecified atom stereocenters. The lowest BCUT2D eigenvalue weighted by atomic mass is 9.79. The van der Waals surface area contributed by atoms with Crippen LogP contribution < -0.4 is 0 Å². The van der Waals surface area contributed by atoms with Crippen LogP contribution in [0.5, 0.6) is 0 Å². The first-order chi connectivity index (χ1) is 8.24. The van der Waals surface area contributed by atoms with E-state index >= 15 is 0 Å². The summed E-state index contributed by atoms with van der Waals surface area (Å²) in [5.74, 6) is 1.69. The molecule has 0 bridgehead atoms. The van der Waals surface area contributed by atoms with Crippen LogP contribution in [0.1, 0.15) is 58.8 Å². The Kier molecular flexibility index (Phi) is 4.61. The van der Waals surface area contributed by atoms with Crippen LogP contribution in [0, 0.1) is 11.8 Å². The molecular weight excluding hydrogens is 210 g/mol. The summed E-state index contributed by atoms with van der Waals surface area (Å²) in [6.07, 6.45) is 8.32. The van der Waals surface area contributed by atoms with Gasteiger partial charge in [0, 0.05) is 24.9 Å². The lowest BCUT2D eigenvalue weighted by Gasteiger charge is -2.32. The second-order valence-corrected chi connectivity index (χ2v) is 5.94. The molecule has 0 aromatic rings. The molecule has 2 saturated carbocycles. The number of carbonyl (C=O) groups excluding carboxylic acids is 1. The van der Waals surface area contributed by atoms with Gasteiger partial charge in [0.25, 0.3) is 0 Å². The van der Waals surface area contributed by atoms with Gasteiger partial charge in [-0.15, -0.1) is 0 Å². The summed E-state index contributed by atoms with van der Waals surface area (Å²) >= 11 is 0. The predicted molar refractivity (Wildman–Crippen MR) is 71.0 cm³/mol. The van der Waals surface area contributed by atoms with Crippen LogP contribution in [0.25, 0.3) is 0 Å². The summed E-state index contributed by atoms with van der Waals surface area (Å²) in [4.78, 5) is 14.6. The SMILES string of the molecule is CCCN(CC1CC(CC)CCC1=O)C1CC1. The van der Waals surface area contributed by atoms with Crippen molar-refractivity contribution in [3.63, 3.8) is 0 Å². The zero-order valence-electron chi connectivity index (χ0n) is 11.5. The summed E-state index contributed by atoms with van der Waals surface area (Å²) in [5.41, 5.74) is 0. The molecule has 0 aromatic heterocycles. The second kappa shape index (κ2) is 5.99. The lowest BCUT2D eigenvalue weighted by molar-refractivity contribution is -0.126. The van der Waals surface area contributed by atoms with E-state index in [4.69, 9.17) is 0 Å². The number of hydrogen-bond donors (Lipinski definition) is 0. The van der Waals surface area contributed by atoms with Crippen molar-refractivity contribution in [3.8, 4) is 0 Å². The third-order valence-corrected chi connectivity index (χ3v) is 4.48. The van der Waals surface area contributed by atoms with Crippen molar-refractivity contribution >= 4 is 5.78 Å². The molecule has 2 rings (SSSR count). The topological polar surface area (TPSA) is 20.3 Å². The number of nitrogens with zero attached hydrogens (tertiary/aromatic N) is 1. The van der Waals surface area contributed by atoms with Gasteiger partial charge in [0.2, 0.25) is 0 Å². The molecule has 0 N–H and O–H groups in total. The van der Waals surface area contributed by atoms with E-state index in [0.29, 0.717) is 11.7 Å². The molecule has 0 aliphatic heterocycles. The highest BCUT2D eigenvalue weighted by atomic mass is 16.1. The van der Waals surface area contributed by atoms with Crippen LogP contribution in [0.15, 0.2) is 0 Å². The molecule has 98 valence electrons. The maximum absolute atomic E-state index is 12.0. The first kappa shape index (κ1) is 13.1. The number of Topliss-reactive ketones (excluding diaryl/α,β-unsaturated/α-hetero) is 1. The fourth-order valence-electron chi connectivity index (χ4n) is 3.18. The van der Waals surface area contributed by atoms with Crippen molar-refractivity contribution in [1.82, 2.24) is 4.90 Å². The standard InChI is InChI=1S/C15H27NO/c1-3-9-16(14-6-7-14)11-13-10-12(4-2)5-8-15(13)17/h12-14H,3-11H2,1-2H3. The van der Waals surface area contributed by atoms with Gasteiger partial charge in [0.1, 0.15) is 5.78 Å². The van der Waals surface area contributed by atoms with Crippen LogP contribution in [0.3, 0.4) is 0 Å². The minimum Gasteiger partial charge on any atom is -0.300 e. The smallest absolute Gasteiger partial charge is 0.137 e. The van der Waals surface area contributed by atoms with Crippen LogP contribution >= 0.6 is 0 Å². The molecule has 2 heteroatoms. The van der Waals surface area contributed by atoms with E-state index in [0.717, 1.165) is 37.8 Å². The number of hydrogen-bond acceptors (Lipinski definition) is 2. The maximum atomic E-state index is 12.0. The number of carbonyl (C=O) groups is 1. The Labute approximate surface area is 106 Å². The molecule has 0 amide bonds. The van der Waals surface area contributed by atoms with Crippen LogP contribution in [0.4, 0.5) is 0 Å². The summed E-state index contributed by atoms with van der Waals surface area (Å²) in [6, 6.07) is 0.810. The molecule has 2 nitrogen and oxygen atoms in total. The molecule has 2 aliphatic carbocycles. The maximum Gasteiger partial charge on any atom is 0.137 e. The highest BCUT2D eigenvalue weighted by Gasteiger charge is 2.34. The molecule has 0 aromatic carbocycles. The summed E-state index contributed by atoms with van der Waals surface area (Å²) in [6.45, 7) is 6.74. The molecule has 17 heavy (non-hydrogen) atoms. The highest BCUT2D eigenvalue weighted by Crippen LogP contribution is 2.33. The third-order valence-electron chi connectivity index (χ3n) is 4.48. The second-order valence-electron chi connectivity index (χ2n) is 5.94. The van der Waals surface area contributed by atoms with Gasteiger partial charge in [0.15, 0.2) is 0 Å². The van der Waals surface area contributed by atoms with Gasteiger partial charge in [0.05, 0.1) is 0 Å². The largest absolute Gasteiger partial charge is 0.300 e. The Morgan fingerprint density at radius 2 is 2.00 bits per heavy atom. The molecule has 0 saturated heterocycles. The minimum absolute atomic E-state index is 0.348. The molecule has 2 aliphatic rings. The van der Waals surface area contributed by atoms with Gasteiger partial charge in [-0.25, -0.2) is 0 Å². The zero-order valence-corrected chi connectivity index (χ0v) is 11.5. The summed E-state index contributed by atoms with van der Waals surface area (Å²) in [5, 5.41) is 0. The van der Waals surface area contributed by atoms with Crippen LogP contribution in [-0.2, 0) is 4.79 Å². The Balaban J connectivity index is 1.87. The van der Waals surface area contributed by atoms with E-state index in [-0.39, 0.29) is 0 Å². The van der Waals surface area contributed by atoms with Gasteiger partial charge >= 0.3 is 0 Å². The van der Waals surface area contributed by atoms with E-state index in [1.54, 1.807) is 0 Å². The minimum atomic E-state index is 0.348. The van der Waals surface area contributed by atoms with Crippen molar-refractivity contribution in [2.24, 2.45) is 11.8 Å². The lowest BCUT2D eigenvalue weighted by Crippen LogP contribution is -2.38. The van der Waals surface area contributed by atoms with Gasteiger partial charge in [-0.3, -0.25) is 9.69 Å². The van der Waals surface area contributed by atoms with Crippen molar-refractivity contribution in [2.75, 3.05) is 13.1 Å². The van der Waals surface area contributed by atoms with Crippen molar-refractivity contribution < 1.29 is 4.79 Å². The van der Waals surface area contributed by atoms with Crippen LogP contribution in [-0.4, -0.2) is 29.8 Å². The van der Waals surface area contributed by atoms with E-state index in [1.165, 1.54) is 32.2 Å². The fourth-order valence-corrected chi connectivity index (χ4v) is 3.18. The number of rotatable bonds is 6. The van der Waals surface area contributed by atoms with Gasteiger partial charge in [-0.2, -0.15) is 0 Å². The molecule has 0 radical (unpaired) electrons. The van der Waals surface area contributed by atoms with Gasteiger partial charge in [-0.1, -0.05) is 20.3 Å². The molecule has 2 atom stereocenters. The first-order valence-corrected chi connectivity index (χ1v) is 7.51. The van der Waals surface area contributed by atoms with Crippen molar-refractivity contribution in [2.45, 2.75) is 64.8 Å². The Bertz CT molecular complexity index is 260. The quantitative estimate of drug-likeness (QED) is 0.707. The third kappa shape index (κ3) is 3.54. The monoisotopic (exact) mass is 237 g/mol. The first-order valence-electron chi connectivity index (χ1n) is 7.51. The van der Waals surface area contributed by atoms with Gasteiger partial charge < -0.3 is 0 Å². The molecule has 0 spiro atoms. The van der Waals surface area contributed by atoms with Crippen molar-refractivity contribution in [3.05, 3.63) is 0 Å². The van der Waals surface area contributed by atoms with E-state index in [9.17, 15) is 4.79 Å². The molecular formula is C15H27NO. The molecule has 2 fully saturated rings. The van der Waals surface area contributed by atoms with Crippen LogP contribution in [0.2, 0.25) is 0 Å². The molecule has 0 heterocycles. The van der Waals surface area contributed by atoms with Gasteiger partial charge in [-0.05, 0) is 44.6 Å². The Morgan fingerprint density at radius 3 is 2.59 bits per heavy atom. The number of ketones is 1. The highest BCUT2D eigenvalue weighted by molar-refractivity contribution is 5.82. The summed E-state index contributed by atoms with van der Waals surface area (Å²) in [7, 11) is 0. The predicted octanol–water partition coefficient (Wildman–Crippen LogP) is 3.26. The Morgan fingerprint density at radius 1 is 1.24 bits per heavy atom. The Hall–Kier alpha value is -0.370. The summed E-state index contributed by atoms with van der Waals surface area (Å²) < 4.78 is 0. The van der Waals surface area contributed by atoms with E-state index in [2.05, 4.69) is 18.7 Å². The van der Waals surface area contributed by atoms with E-state index in [1.807, 2.05) is 0 Å². The zero-order chi connectivity index (χ0) is 12.3. The average molecular weight is 237 g/mol. The fraction of sp³-hybridized carbons (Fsp3) is 0.933. The average Bonchev–Trinajstić information content (AvgIpc) is 3.15. The normalized spacial score (nSPS) is 29.9.